The lowest BCUT2D eigenvalue weighted by Crippen LogP contribution is -2.45. The number of hydrogen-bond acceptors (Lipinski definition) is 6. The second-order valence-electron chi connectivity index (χ2n) is 5.80. The van der Waals surface area contributed by atoms with Crippen molar-refractivity contribution < 1.29 is 19.1 Å². The summed E-state index contributed by atoms with van der Waals surface area (Å²) in [5.41, 5.74) is 6.01. The molecule has 0 aromatic heterocycles. The van der Waals surface area contributed by atoms with Gasteiger partial charge in [0.1, 0.15) is 23.0 Å². The summed E-state index contributed by atoms with van der Waals surface area (Å²) < 4.78 is 10.4. The Bertz CT molecular complexity index is 907. The van der Waals surface area contributed by atoms with Crippen LogP contribution in [-0.2, 0) is 24.5 Å². The number of rotatable bonds is 2. The van der Waals surface area contributed by atoms with Gasteiger partial charge < -0.3 is 20.5 Å². The molecular formula is C18H17N3O4. The van der Waals surface area contributed by atoms with Gasteiger partial charge in [0.2, 0.25) is 11.8 Å². The molecule has 128 valence electrons. The Labute approximate surface area is 144 Å². The van der Waals surface area contributed by atoms with E-state index in [4.69, 9.17) is 15.2 Å². The van der Waals surface area contributed by atoms with E-state index < -0.39 is 17.3 Å². The topological polar surface area (TPSA) is 114 Å². The van der Waals surface area contributed by atoms with Crippen molar-refractivity contribution in [2.24, 2.45) is 5.73 Å². The number of carbonyl (C=O) groups is 2. The van der Waals surface area contributed by atoms with Crippen LogP contribution < -0.4 is 11.1 Å². The summed E-state index contributed by atoms with van der Waals surface area (Å²) in [6.45, 7) is 3.60. The number of anilines is 1. The molecule has 1 aromatic rings. The van der Waals surface area contributed by atoms with Crippen molar-refractivity contribution in [3.8, 4) is 6.07 Å². The smallest absolute Gasteiger partial charge is 0.339 e. The van der Waals surface area contributed by atoms with E-state index in [1.54, 1.807) is 19.1 Å². The first-order valence-corrected chi connectivity index (χ1v) is 7.75. The third-order valence-electron chi connectivity index (χ3n) is 4.59. The van der Waals surface area contributed by atoms with Gasteiger partial charge in [0.15, 0.2) is 5.41 Å². The number of nitrogens with two attached hydrogens (primary N) is 1. The Morgan fingerprint density at radius 3 is 2.80 bits per heavy atom. The monoisotopic (exact) mass is 339 g/mol. The van der Waals surface area contributed by atoms with Crippen molar-refractivity contribution in [2.45, 2.75) is 25.7 Å². The molecule has 2 aliphatic rings. The molecule has 0 saturated heterocycles. The van der Waals surface area contributed by atoms with Crippen LogP contribution >= 0.6 is 0 Å². The van der Waals surface area contributed by atoms with Gasteiger partial charge in [-0.15, -0.1) is 0 Å². The lowest BCUT2D eigenvalue weighted by molar-refractivity contribution is -0.138. The van der Waals surface area contributed by atoms with Gasteiger partial charge in [-0.1, -0.05) is 25.1 Å². The quantitative estimate of drug-likeness (QED) is 0.793. The SMILES string of the molecule is CCC1=C(C(=O)OC)[C@@]2(C(=O)Nc3c(C)cccc32)C(C#N)=C(N)O1. The Kier molecular flexibility index (Phi) is 3.76. The predicted molar refractivity (Wildman–Crippen MR) is 88.7 cm³/mol. The average Bonchev–Trinajstić information content (AvgIpc) is 2.89. The third-order valence-corrected chi connectivity index (χ3v) is 4.59. The number of carbonyl (C=O) groups excluding carboxylic acids is 2. The number of para-hydroxylation sites is 1. The second kappa shape index (κ2) is 5.67. The average molecular weight is 339 g/mol. The van der Waals surface area contributed by atoms with E-state index >= 15 is 0 Å². The normalized spacial score (nSPS) is 21.6. The number of fused-ring (bicyclic) bond motifs is 2. The van der Waals surface area contributed by atoms with E-state index in [1.165, 1.54) is 7.11 Å². The summed E-state index contributed by atoms with van der Waals surface area (Å²) in [6, 6.07) is 7.25. The van der Waals surface area contributed by atoms with Crippen LogP contribution in [0.25, 0.3) is 0 Å². The van der Waals surface area contributed by atoms with Gasteiger partial charge in [-0.3, -0.25) is 4.79 Å². The summed E-state index contributed by atoms with van der Waals surface area (Å²) in [5.74, 6) is -1.23. The number of methoxy groups -OCH3 is 1. The molecule has 7 heteroatoms. The number of hydrogen-bond donors (Lipinski definition) is 2. The lowest BCUT2D eigenvalue weighted by Gasteiger charge is -2.34. The number of ether oxygens (including phenoxy) is 2. The number of nitrogens with zero attached hydrogens (tertiary/aromatic N) is 1. The maximum atomic E-state index is 13.1. The summed E-state index contributed by atoms with van der Waals surface area (Å²) in [6.07, 6.45) is 0.306. The Morgan fingerprint density at radius 1 is 1.48 bits per heavy atom. The molecule has 2 aliphatic heterocycles. The van der Waals surface area contributed by atoms with E-state index in [2.05, 4.69) is 5.32 Å². The van der Waals surface area contributed by atoms with Gasteiger partial charge in [0.25, 0.3) is 0 Å². The fraction of sp³-hybridized carbons (Fsp3) is 0.278. The summed E-state index contributed by atoms with van der Waals surface area (Å²) >= 11 is 0. The molecule has 0 bridgehead atoms. The first-order valence-electron chi connectivity index (χ1n) is 7.75. The van der Waals surface area contributed by atoms with Crippen molar-refractivity contribution in [3.63, 3.8) is 0 Å². The maximum absolute atomic E-state index is 13.1. The molecule has 0 saturated carbocycles. The van der Waals surface area contributed by atoms with E-state index in [0.29, 0.717) is 17.7 Å². The summed E-state index contributed by atoms with van der Waals surface area (Å²) in [7, 11) is 1.22. The second-order valence-corrected chi connectivity index (χ2v) is 5.80. The van der Waals surface area contributed by atoms with Crippen molar-refractivity contribution >= 4 is 17.6 Å². The first-order chi connectivity index (χ1) is 11.9. The molecule has 2 heterocycles. The van der Waals surface area contributed by atoms with Gasteiger partial charge >= 0.3 is 5.97 Å². The molecule has 1 atom stereocenters. The van der Waals surface area contributed by atoms with Crippen LogP contribution in [0.4, 0.5) is 5.69 Å². The van der Waals surface area contributed by atoms with E-state index in [9.17, 15) is 14.9 Å². The van der Waals surface area contributed by atoms with Crippen LogP contribution in [0.1, 0.15) is 24.5 Å². The molecule has 0 radical (unpaired) electrons. The number of benzene rings is 1. The van der Waals surface area contributed by atoms with Crippen molar-refractivity contribution in [1.29, 1.82) is 5.26 Å². The van der Waals surface area contributed by atoms with Crippen LogP contribution in [0, 0.1) is 18.3 Å². The standard InChI is InChI=1S/C18H17N3O4/c1-4-12-13(16(22)24-3)18(11(8-19)15(20)25-12)10-7-5-6-9(2)14(10)21-17(18)23/h5-7H,4,20H2,1-3H3,(H,21,23)/t18-/m0/s1. The van der Waals surface area contributed by atoms with Crippen molar-refractivity contribution in [3.05, 3.63) is 52.1 Å². The molecule has 1 amide bonds. The van der Waals surface area contributed by atoms with Gasteiger partial charge in [0.05, 0.1) is 7.11 Å². The van der Waals surface area contributed by atoms with E-state index in [-0.39, 0.29) is 22.8 Å². The Morgan fingerprint density at radius 2 is 2.20 bits per heavy atom. The Balaban J connectivity index is 2.48. The predicted octanol–water partition coefficient (Wildman–Crippen LogP) is 1.75. The number of nitrogens with one attached hydrogen (secondary N) is 1. The maximum Gasteiger partial charge on any atom is 0.339 e. The zero-order chi connectivity index (χ0) is 18.4. The molecular weight excluding hydrogens is 322 g/mol. The molecule has 1 aromatic carbocycles. The minimum absolute atomic E-state index is 0.00917. The highest BCUT2D eigenvalue weighted by molar-refractivity contribution is 6.17. The Hall–Kier alpha value is -3.27. The molecule has 0 fully saturated rings. The highest BCUT2D eigenvalue weighted by atomic mass is 16.5. The molecule has 7 nitrogen and oxygen atoms in total. The molecule has 3 rings (SSSR count). The minimum Gasteiger partial charge on any atom is -0.466 e. The van der Waals surface area contributed by atoms with Crippen LogP contribution in [0.2, 0.25) is 0 Å². The molecule has 3 N–H and O–H groups in total. The molecule has 25 heavy (non-hydrogen) atoms. The van der Waals surface area contributed by atoms with Gasteiger partial charge in [-0.05, 0) is 12.5 Å². The number of esters is 1. The zero-order valence-electron chi connectivity index (χ0n) is 14.1. The zero-order valence-corrected chi connectivity index (χ0v) is 14.1. The van der Waals surface area contributed by atoms with Gasteiger partial charge in [0, 0.05) is 17.7 Å². The fourth-order valence-corrected chi connectivity index (χ4v) is 3.48. The van der Waals surface area contributed by atoms with Crippen molar-refractivity contribution in [2.75, 3.05) is 12.4 Å². The number of amides is 1. The van der Waals surface area contributed by atoms with Gasteiger partial charge in [-0.25, -0.2) is 4.79 Å². The van der Waals surface area contributed by atoms with Crippen molar-refractivity contribution in [1.82, 2.24) is 0 Å². The first kappa shape index (κ1) is 16.6. The summed E-state index contributed by atoms with van der Waals surface area (Å²) in [5, 5.41) is 12.5. The fourth-order valence-electron chi connectivity index (χ4n) is 3.48. The number of allylic oxidation sites excluding steroid dienone is 1. The van der Waals surface area contributed by atoms with Gasteiger partial charge in [-0.2, -0.15) is 5.26 Å². The summed E-state index contributed by atoms with van der Waals surface area (Å²) in [4.78, 5) is 25.7. The molecule has 0 aliphatic carbocycles. The number of nitriles is 1. The third kappa shape index (κ3) is 1.97. The minimum atomic E-state index is -1.67. The molecule has 1 spiro atoms. The highest BCUT2D eigenvalue weighted by Gasteiger charge is 2.60. The van der Waals surface area contributed by atoms with E-state index in [0.717, 1.165) is 5.56 Å². The van der Waals surface area contributed by atoms with Crippen LogP contribution in [0.3, 0.4) is 0 Å². The van der Waals surface area contributed by atoms with E-state index in [1.807, 2.05) is 19.1 Å². The number of aryl methyl sites for hydroxylation is 1. The van der Waals surface area contributed by atoms with Crippen LogP contribution in [0.5, 0.6) is 0 Å². The largest absolute Gasteiger partial charge is 0.466 e. The van der Waals surface area contributed by atoms with Crippen LogP contribution in [-0.4, -0.2) is 19.0 Å². The van der Waals surface area contributed by atoms with Crippen LogP contribution in [0.15, 0.2) is 41.0 Å². The highest BCUT2D eigenvalue weighted by Crippen LogP contribution is 2.52. The molecule has 0 unspecified atom stereocenters. The lowest BCUT2D eigenvalue weighted by atomic mass is 9.68.